The molecule has 1 aromatic rings. The smallest absolute Gasteiger partial charge is 0.388 e. The molecule has 7 heteroatoms. The lowest BCUT2D eigenvalue weighted by atomic mass is 10.3. The Morgan fingerprint density at radius 2 is 2.40 bits per heavy atom. The molecule has 0 unspecified atom stereocenters. The minimum atomic E-state index is -3.05. The van der Waals surface area contributed by atoms with Crippen molar-refractivity contribution in [3.05, 3.63) is 17.8 Å². The second-order valence-electron chi connectivity index (χ2n) is 2.33. The summed E-state index contributed by atoms with van der Waals surface area (Å²) in [6.07, 6.45) is 1.48. The molecule has 1 rings (SSSR count). The molecule has 5 nitrogen and oxygen atoms in total. The fourth-order valence-corrected chi connectivity index (χ4v) is 0.858. The van der Waals surface area contributed by atoms with Gasteiger partial charge >= 0.3 is 6.61 Å². The number of anilines is 1. The minimum Gasteiger partial charge on any atom is -0.415 e. The van der Waals surface area contributed by atoms with Crippen LogP contribution in [-0.4, -0.2) is 18.0 Å². The quantitative estimate of drug-likeness (QED) is 0.760. The Morgan fingerprint density at radius 3 is 2.93 bits per heavy atom. The first-order valence-corrected chi connectivity index (χ1v) is 3.72. The maximum atomic E-state index is 11.8. The van der Waals surface area contributed by atoms with E-state index in [2.05, 4.69) is 15.0 Å². The van der Waals surface area contributed by atoms with E-state index in [1.54, 1.807) is 6.07 Å². The van der Waals surface area contributed by atoms with E-state index in [4.69, 9.17) is 5.26 Å². The largest absolute Gasteiger partial charge is 0.415 e. The highest BCUT2D eigenvalue weighted by Gasteiger charge is 2.11. The molecule has 0 aliphatic heterocycles. The summed E-state index contributed by atoms with van der Waals surface area (Å²) in [6, 6.07) is 2.80. The first kappa shape index (κ1) is 10.8. The van der Waals surface area contributed by atoms with Crippen LogP contribution in [0.3, 0.4) is 0 Å². The highest BCUT2D eigenvalue weighted by atomic mass is 19.3. The predicted molar refractivity (Wildman–Crippen MR) is 45.3 cm³/mol. The third-order valence-corrected chi connectivity index (χ3v) is 1.40. The number of hydrogen-bond acceptors (Lipinski definition) is 4. The summed E-state index contributed by atoms with van der Waals surface area (Å²) in [5.41, 5.74) is 0.0466. The maximum absolute atomic E-state index is 11.8. The fourth-order valence-electron chi connectivity index (χ4n) is 0.858. The Bertz CT molecular complexity index is 403. The first-order chi connectivity index (χ1) is 7.17. The Morgan fingerprint density at radius 1 is 1.67 bits per heavy atom. The Balaban J connectivity index is 2.99. The van der Waals surface area contributed by atoms with Crippen LogP contribution < -0.4 is 10.1 Å². The number of alkyl halides is 2. The molecule has 1 N–H and O–H groups in total. The van der Waals surface area contributed by atoms with Gasteiger partial charge in [0.15, 0.2) is 0 Å². The summed E-state index contributed by atoms with van der Waals surface area (Å²) >= 11 is 0. The van der Waals surface area contributed by atoms with Gasteiger partial charge in [0.2, 0.25) is 12.3 Å². The SMILES string of the molecule is N#Cc1cc(NC=O)cnc1OC(F)F. The van der Waals surface area contributed by atoms with E-state index in [0.717, 1.165) is 6.20 Å². The van der Waals surface area contributed by atoms with Crippen molar-refractivity contribution in [1.29, 1.82) is 5.26 Å². The minimum absolute atomic E-state index is 0.179. The number of amides is 1. The number of rotatable bonds is 4. The molecule has 0 aliphatic carbocycles. The molecular weight excluding hydrogens is 208 g/mol. The lowest BCUT2D eigenvalue weighted by Gasteiger charge is -2.05. The van der Waals surface area contributed by atoms with Gasteiger partial charge in [-0.25, -0.2) is 4.98 Å². The Kier molecular flexibility index (Phi) is 3.51. The van der Waals surface area contributed by atoms with E-state index in [9.17, 15) is 13.6 Å². The van der Waals surface area contributed by atoms with Crippen molar-refractivity contribution >= 4 is 12.1 Å². The highest BCUT2D eigenvalue weighted by Crippen LogP contribution is 2.19. The normalized spacial score (nSPS) is 9.47. The monoisotopic (exact) mass is 213 g/mol. The third-order valence-electron chi connectivity index (χ3n) is 1.40. The van der Waals surface area contributed by atoms with E-state index in [1.807, 2.05) is 0 Å². The molecule has 0 spiro atoms. The molecule has 0 aliphatic rings. The van der Waals surface area contributed by atoms with Crippen LogP contribution in [0.5, 0.6) is 5.88 Å². The maximum Gasteiger partial charge on any atom is 0.388 e. The molecule has 1 heterocycles. The number of nitrogens with one attached hydrogen (secondary N) is 1. The van der Waals surface area contributed by atoms with Gasteiger partial charge in [-0.15, -0.1) is 0 Å². The number of halogens is 2. The molecule has 0 fully saturated rings. The zero-order valence-corrected chi connectivity index (χ0v) is 7.28. The van der Waals surface area contributed by atoms with E-state index in [0.29, 0.717) is 6.41 Å². The van der Waals surface area contributed by atoms with Crippen molar-refractivity contribution < 1.29 is 18.3 Å². The molecule has 0 radical (unpaired) electrons. The molecular formula is C8H5F2N3O2. The number of nitrogens with zero attached hydrogens (tertiary/aromatic N) is 2. The van der Waals surface area contributed by atoms with Crippen molar-refractivity contribution in [2.45, 2.75) is 6.61 Å². The van der Waals surface area contributed by atoms with E-state index in [1.165, 1.54) is 6.07 Å². The Hall–Kier alpha value is -2.23. The van der Waals surface area contributed by atoms with Crippen molar-refractivity contribution in [1.82, 2.24) is 4.98 Å². The summed E-state index contributed by atoms with van der Waals surface area (Å²) in [4.78, 5) is 13.5. The van der Waals surface area contributed by atoms with Crippen molar-refractivity contribution in [3.63, 3.8) is 0 Å². The molecule has 0 bridgehead atoms. The molecule has 0 saturated carbocycles. The molecule has 0 aromatic carbocycles. The number of pyridine rings is 1. The van der Waals surface area contributed by atoms with Crippen LogP contribution in [0, 0.1) is 11.3 Å². The van der Waals surface area contributed by atoms with E-state index in [-0.39, 0.29) is 11.3 Å². The molecule has 1 amide bonds. The van der Waals surface area contributed by atoms with Crippen LogP contribution in [-0.2, 0) is 4.79 Å². The molecule has 1 aromatic heterocycles. The summed E-state index contributed by atoms with van der Waals surface area (Å²) in [6.45, 7) is -3.05. The number of nitriles is 1. The molecule has 0 atom stereocenters. The van der Waals surface area contributed by atoms with E-state index >= 15 is 0 Å². The number of carbonyl (C=O) groups is 1. The second-order valence-corrected chi connectivity index (χ2v) is 2.33. The average molecular weight is 213 g/mol. The average Bonchev–Trinajstić information content (AvgIpc) is 2.20. The topological polar surface area (TPSA) is 75.0 Å². The summed E-state index contributed by atoms with van der Waals surface area (Å²) in [5.74, 6) is -0.469. The molecule has 0 saturated heterocycles. The predicted octanol–water partition coefficient (Wildman–Crippen LogP) is 1.12. The zero-order valence-electron chi connectivity index (χ0n) is 7.28. The van der Waals surface area contributed by atoms with Gasteiger partial charge in [0, 0.05) is 0 Å². The van der Waals surface area contributed by atoms with Crippen molar-refractivity contribution in [2.24, 2.45) is 0 Å². The van der Waals surface area contributed by atoms with Crippen molar-refractivity contribution in [2.75, 3.05) is 5.32 Å². The number of hydrogen-bond donors (Lipinski definition) is 1. The van der Waals surface area contributed by atoms with Gasteiger partial charge in [-0.3, -0.25) is 4.79 Å². The zero-order chi connectivity index (χ0) is 11.3. The van der Waals surface area contributed by atoms with Crippen LogP contribution in [0.15, 0.2) is 12.3 Å². The summed E-state index contributed by atoms with van der Waals surface area (Å²) in [5, 5.41) is 10.8. The van der Waals surface area contributed by atoms with Gasteiger partial charge in [0.25, 0.3) is 0 Å². The fraction of sp³-hybridized carbons (Fsp3) is 0.125. The number of ether oxygens (including phenoxy) is 1. The standard InChI is InChI=1S/C8H5F2N3O2/c9-8(10)15-7-5(2-11)1-6(3-12-7)13-4-14/h1,3-4,8H,(H,13,14). The summed E-state index contributed by atoms with van der Waals surface area (Å²) < 4.78 is 27.7. The lowest BCUT2D eigenvalue weighted by molar-refractivity contribution is -0.105. The van der Waals surface area contributed by atoms with Crippen LogP contribution >= 0.6 is 0 Å². The van der Waals surface area contributed by atoms with Crippen LogP contribution in [0.1, 0.15) is 5.56 Å². The third kappa shape index (κ3) is 2.87. The van der Waals surface area contributed by atoms with Crippen LogP contribution in [0.4, 0.5) is 14.5 Å². The summed E-state index contributed by atoms with van der Waals surface area (Å²) in [7, 11) is 0. The first-order valence-electron chi connectivity index (χ1n) is 3.72. The van der Waals surface area contributed by atoms with Gasteiger partial charge < -0.3 is 10.1 Å². The number of carbonyl (C=O) groups excluding carboxylic acids is 1. The van der Waals surface area contributed by atoms with Gasteiger partial charge in [0.05, 0.1) is 11.9 Å². The van der Waals surface area contributed by atoms with Crippen LogP contribution in [0.2, 0.25) is 0 Å². The molecule has 15 heavy (non-hydrogen) atoms. The van der Waals surface area contributed by atoms with Gasteiger partial charge in [-0.1, -0.05) is 0 Å². The van der Waals surface area contributed by atoms with Gasteiger partial charge in [0.1, 0.15) is 11.6 Å². The lowest BCUT2D eigenvalue weighted by Crippen LogP contribution is -2.06. The number of aromatic nitrogens is 1. The van der Waals surface area contributed by atoms with Crippen molar-refractivity contribution in [3.8, 4) is 11.9 Å². The Labute approximate surface area is 83.3 Å². The van der Waals surface area contributed by atoms with Gasteiger partial charge in [-0.05, 0) is 6.07 Å². The molecule has 78 valence electrons. The highest BCUT2D eigenvalue weighted by molar-refractivity contribution is 5.71. The van der Waals surface area contributed by atoms with Gasteiger partial charge in [-0.2, -0.15) is 14.0 Å². The second kappa shape index (κ2) is 4.85. The van der Waals surface area contributed by atoms with Crippen LogP contribution in [0.25, 0.3) is 0 Å². The van der Waals surface area contributed by atoms with E-state index < -0.39 is 12.5 Å².